The summed E-state index contributed by atoms with van der Waals surface area (Å²) in [7, 11) is -3.71. The number of carbonyl (C=O) groups excluding carboxylic acids is 1. The minimum Gasteiger partial charge on any atom is -0.352 e. The van der Waals surface area contributed by atoms with Gasteiger partial charge in [-0.2, -0.15) is 0 Å². The number of nitrogens with zero attached hydrogens (tertiary/aromatic N) is 1. The fraction of sp³-hybridized carbons (Fsp3) is 0.0833. The highest BCUT2D eigenvalue weighted by Crippen LogP contribution is 2.24. The molecule has 4 aromatic rings. The van der Waals surface area contributed by atoms with Gasteiger partial charge in [0.25, 0.3) is 5.91 Å². The van der Waals surface area contributed by atoms with E-state index in [1.165, 1.54) is 12.1 Å². The zero-order valence-electron chi connectivity index (χ0n) is 16.7. The third-order valence-electron chi connectivity index (χ3n) is 4.98. The van der Waals surface area contributed by atoms with Crippen molar-refractivity contribution >= 4 is 26.8 Å². The van der Waals surface area contributed by atoms with Gasteiger partial charge < -0.3 is 5.32 Å². The molecule has 156 valence electrons. The van der Waals surface area contributed by atoms with Gasteiger partial charge in [-0.3, -0.25) is 4.79 Å². The average Bonchev–Trinajstić information content (AvgIpc) is 2.78. The molecule has 1 aromatic heterocycles. The smallest absolute Gasteiger partial charge is 0.252 e. The summed E-state index contributed by atoms with van der Waals surface area (Å²) < 4.78 is 22.7. The first-order valence-corrected chi connectivity index (χ1v) is 11.3. The van der Waals surface area contributed by atoms with Gasteiger partial charge in [0, 0.05) is 17.5 Å². The lowest BCUT2D eigenvalue weighted by Gasteiger charge is -2.11. The summed E-state index contributed by atoms with van der Waals surface area (Å²) in [5, 5.41) is 8.86. The van der Waals surface area contributed by atoms with E-state index in [0.29, 0.717) is 18.5 Å². The molecular weight excluding hydrogens is 410 g/mol. The van der Waals surface area contributed by atoms with Gasteiger partial charge in [-0.05, 0) is 36.2 Å². The van der Waals surface area contributed by atoms with Crippen LogP contribution in [-0.4, -0.2) is 25.9 Å². The predicted molar refractivity (Wildman–Crippen MR) is 121 cm³/mol. The summed E-state index contributed by atoms with van der Waals surface area (Å²) in [6.07, 6.45) is 0.561. The second kappa shape index (κ2) is 8.67. The molecule has 0 radical (unpaired) electrons. The number of primary sulfonamides is 1. The Balaban J connectivity index is 1.53. The van der Waals surface area contributed by atoms with Crippen LogP contribution in [0.1, 0.15) is 15.9 Å². The Kier molecular flexibility index (Phi) is 5.79. The molecule has 1 amide bonds. The Bertz CT molecular complexity index is 1340. The summed E-state index contributed by atoms with van der Waals surface area (Å²) in [5.74, 6) is -0.183. The van der Waals surface area contributed by atoms with E-state index in [9.17, 15) is 13.2 Å². The molecule has 0 bridgehead atoms. The Labute approximate surface area is 180 Å². The number of para-hydroxylation sites is 1. The monoisotopic (exact) mass is 431 g/mol. The van der Waals surface area contributed by atoms with Crippen LogP contribution in [0.4, 0.5) is 0 Å². The molecule has 1 heterocycles. The summed E-state index contributed by atoms with van der Waals surface area (Å²) in [6.45, 7) is 0.408. The standard InChI is InChI=1S/C24H21N3O3S/c25-31(29,30)19-12-10-17(11-13-19)14-15-26-24(28)21-16-23(18-6-2-1-3-7-18)27-22-9-5-4-8-20(21)22/h1-13,16H,14-15H2,(H,26,28)(H2,25,29,30). The van der Waals surface area contributed by atoms with Gasteiger partial charge in [-0.25, -0.2) is 18.5 Å². The third-order valence-corrected chi connectivity index (χ3v) is 5.91. The van der Waals surface area contributed by atoms with Crippen molar-refractivity contribution in [3.63, 3.8) is 0 Å². The van der Waals surface area contributed by atoms with Crippen molar-refractivity contribution in [1.29, 1.82) is 0 Å². The number of hydrogen-bond donors (Lipinski definition) is 2. The molecule has 0 aliphatic rings. The Morgan fingerprint density at radius 1 is 0.903 bits per heavy atom. The van der Waals surface area contributed by atoms with Crippen LogP contribution < -0.4 is 10.5 Å². The fourth-order valence-electron chi connectivity index (χ4n) is 3.38. The molecule has 3 aromatic carbocycles. The van der Waals surface area contributed by atoms with E-state index in [4.69, 9.17) is 10.1 Å². The second-order valence-electron chi connectivity index (χ2n) is 7.13. The number of benzene rings is 3. The molecule has 0 aliphatic heterocycles. The van der Waals surface area contributed by atoms with E-state index in [1.54, 1.807) is 12.1 Å². The van der Waals surface area contributed by atoms with E-state index in [-0.39, 0.29) is 10.8 Å². The van der Waals surface area contributed by atoms with Gasteiger partial charge >= 0.3 is 0 Å². The number of rotatable bonds is 6. The van der Waals surface area contributed by atoms with E-state index in [1.807, 2.05) is 60.7 Å². The van der Waals surface area contributed by atoms with Crippen molar-refractivity contribution in [2.45, 2.75) is 11.3 Å². The number of amides is 1. The molecule has 0 fully saturated rings. The molecule has 0 spiro atoms. The maximum absolute atomic E-state index is 13.0. The summed E-state index contributed by atoms with van der Waals surface area (Å²) in [5.41, 5.74) is 3.90. The van der Waals surface area contributed by atoms with Gasteiger partial charge in [-0.1, -0.05) is 60.7 Å². The summed E-state index contributed by atoms with van der Waals surface area (Å²) >= 11 is 0. The van der Waals surface area contributed by atoms with Gasteiger partial charge in [-0.15, -0.1) is 0 Å². The summed E-state index contributed by atoms with van der Waals surface area (Å²) in [6, 6.07) is 25.4. The zero-order chi connectivity index (χ0) is 21.8. The van der Waals surface area contributed by atoms with E-state index >= 15 is 0 Å². The molecular formula is C24H21N3O3S. The van der Waals surface area contributed by atoms with E-state index < -0.39 is 10.0 Å². The van der Waals surface area contributed by atoms with Crippen molar-refractivity contribution < 1.29 is 13.2 Å². The Morgan fingerprint density at radius 3 is 2.29 bits per heavy atom. The third kappa shape index (κ3) is 4.79. The topological polar surface area (TPSA) is 102 Å². The molecule has 4 rings (SSSR count). The second-order valence-corrected chi connectivity index (χ2v) is 8.69. The van der Waals surface area contributed by atoms with Crippen molar-refractivity contribution in [1.82, 2.24) is 10.3 Å². The fourth-order valence-corrected chi connectivity index (χ4v) is 3.90. The predicted octanol–water partition coefficient (Wildman–Crippen LogP) is 3.52. The Morgan fingerprint density at radius 2 is 1.58 bits per heavy atom. The molecule has 31 heavy (non-hydrogen) atoms. The normalized spacial score (nSPS) is 11.4. The van der Waals surface area contributed by atoms with E-state index in [0.717, 1.165) is 27.7 Å². The van der Waals surface area contributed by atoms with Crippen LogP contribution >= 0.6 is 0 Å². The van der Waals surface area contributed by atoms with Crippen LogP contribution in [0.25, 0.3) is 22.2 Å². The molecule has 0 saturated heterocycles. The van der Waals surface area contributed by atoms with Crippen LogP contribution in [0.3, 0.4) is 0 Å². The number of nitrogens with one attached hydrogen (secondary N) is 1. The lowest BCUT2D eigenvalue weighted by molar-refractivity contribution is 0.0955. The first kappa shape index (κ1) is 20.7. The van der Waals surface area contributed by atoms with Crippen LogP contribution in [0.15, 0.2) is 89.8 Å². The number of pyridine rings is 1. The zero-order valence-corrected chi connectivity index (χ0v) is 17.5. The van der Waals surface area contributed by atoms with Crippen molar-refractivity contribution in [3.8, 4) is 11.3 Å². The quantitative estimate of drug-likeness (QED) is 0.488. The van der Waals surface area contributed by atoms with Gasteiger partial charge in [0.1, 0.15) is 0 Å². The molecule has 7 heteroatoms. The lowest BCUT2D eigenvalue weighted by Crippen LogP contribution is -2.26. The summed E-state index contributed by atoms with van der Waals surface area (Å²) in [4.78, 5) is 17.8. The highest BCUT2D eigenvalue weighted by molar-refractivity contribution is 7.89. The SMILES string of the molecule is NS(=O)(=O)c1ccc(CCNC(=O)c2cc(-c3ccccc3)nc3ccccc23)cc1. The maximum Gasteiger partial charge on any atom is 0.252 e. The number of carbonyl (C=O) groups is 1. The van der Waals surface area contributed by atoms with Crippen LogP contribution in [0, 0.1) is 0 Å². The number of nitrogens with two attached hydrogens (primary N) is 1. The molecule has 0 atom stereocenters. The number of fused-ring (bicyclic) bond motifs is 1. The maximum atomic E-state index is 13.0. The largest absolute Gasteiger partial charge is 0.352 e. The molecule has 3 N–H and O–H groups in total. The first-order chi connectivity index (χ1) is 14.9. The highest BCUT2D eigenvalue weighted by atomic mass is 32.2. The number of hydrogen-bond acceptors (Lipinski definition) is 4. The van der Waals surface area contributed by atoms with Gasteiger partial charge in [0.15, 0.2) is 0 Å². The minimum absolute atomic E-state index is 0.0667. The van der Waals surface area contributed by atoms with E-state index in [2.05, 4.69) is 5.32 Å². The average molecular weight is 432 g/mol. The highest BCUT2D eigenvalue weighted by Gasteiger charge is 2.14. The lowest BCUT2D eigenvalue weighted by atomic mass is 10.0. The van der Waals surface area contributed by atoms with Crippen molar-refractivity contribution in [2.24, 2.45) is 5.14 Å². The molecule has 0 unspecified atom stereocenters. The number of sulfonamides is 1. The number of aromatic nitrogens is 1. The van der Waals surface area contributed by atoms with Crippen molar-refractivity contribution in [2.75, 3.05) is 6.54 Å². The molecule has 6 nitrogen and oxygen atoms in total. The van der Waals surface area contributed by atoms with Crippen LogP contribution in [0.5, 0.6) is 0 Å². The van der Waals surface area contributed by atoms with Crippen LogP contribution in [0.2, 0.25) is 0 Å². The molecule has 0 saturated carbocycles. The van der Waals surface area contributed by atoms with Crippen LogP contribution in [-0.2, 0) is 16.4 Å². The van der Waals surface area contributed by atoms with Crippen molar-refractivity contribution in [3.05, 3.63) is 96.1 Å². The minimum atomic E-state index is -3.71. The Hall–Kier alpha value is -3.55. The van der Waals surface area contributed by atoms with Gasteiger partial charge in [0.05, 0.1) is 21.7 Å². The van der Waals surface area contributed by atoms with Gasteiger partial charge in [0.2, 0.25) is 10.0 Å². The first-order valence-electron chi connectivity index (χ1n) is 9.77. The molecule has 0 aliphatic carbocycles.